The van der Waals surface area contributed by atoms with E-state index in [4.69, 9.17) is 9.47 Å². The number of hydrogen-bond donors (Lipinski definition) is 0. The van der Waals surface area contributed by atoms with Crippen LogP contribution in [0.2, 0.25) is 0 Å². The summed E-state index contributed by atoms with van der Waals surface area (Å²) in [4.78, 5) is 14.6. The molecule has 0 aliphatic carbocycles. The summed E-state index contributed by atoms with van der Waals surface area (Å²) in [6, 6.07) is 13.0. The first-order chi connectivity index (χ1) is 14.1. The number of likely N-dealkylation sites (tertiary alicyclic amines) is 1. The molecular weight excluding hydrogens is 389 g/mol. The van der Waals surface area contributed by atoms with Crippen LogP contribution in [0.15, 0.2) is 42.5 Å². The predicted octanol–water partition coefficient (Wildman–Crippen LogP) is 5.07. The highest BCUT2D eigenvalue weighted by Crippen LogP contribution is 2.38. The molecule has 0 bridgehead atoms. The van der Waals surface area contributed by atoms with Crippen molar-refractivity contribution < 1.29 is 18.7 Å². The minimum Gasteiger partial charge on any atom is -0.460 e. The molecule has 4 nitrogen and oxygen atoms in total. The van der Waals surface area contributed by atoms with E-state index in [1.807, 2.05) is 35.2 Å². The molecule has 0 aromatic heterocycles. The second kappa shape index (κ2) is 9.18. The molecule has 2 aromatic rings. The lowest BCUT2D eigenvalue weighted by molar-refractivity contribution is -0.131. The molecule has 0 spiro atoms. The van der Waals surface area contributed by atoms with Gasteiger partial charge in [-0.1, -0.05) is 30.3 Å². The highest BCUT2D eigenvalue weighted by molar-refractivity contribution is 7.99. The van der Waals surface area contributed by atoms with Gasteiger partial charge in [0.15, 0.2) is 0 Å². The molecule has 6 heteroatoms. The van der Waals surface area contributed by atoms with E-state index in [-0.39, 0.29) is 11.7 Å². The number of carbonyl (C=O) groups excluding carboxylic acids is 1. The number of halogens is 1. The van der Waals surface area contributed by atoms with Crippen LogP contribution in [-0.4, -0.2) is 29.1 Å². The van der Waals surface area contributed by atoms with Gasteiger partial charge in [0.1, 0.15) is 11.6 Å². The summed E-state index contributed by atoms with van der Waals surface area (Å²) >= 11 is 1.51. The van der Waals surface area contributed by atoms with Crippen LogP contribution in [0.25, 0.3) is 0 Å². The van der Waals surface area contributed by atoms with Crippen molar-refractivity contribution in [3.05, 3.63) is 65.0 Å². The van der Waals surface area contributed by atoms with Crippen molar-refractivity contribution >= 4 is 17.7 Å². The third-order valence-electron chi connectivity index (χ3n) is 5.50. The van der Waals surface area contributed by atoms with E-state index in [9.17, 15) is 9.18 Å². The summed E-state index contributed by atoms with van der Waals surface area (Å²) < 4.78 is 26.0. The number of benzene rings is 2. The number of rotatable bonds is 5. The molecule has 0 radical (unpaired) electrons. The van der Waals surface area contributed by atoms with E-state index in [2.05, 4.69) is 6.92 Å². The fourth-order valence-electron chi connectivity index (χ4n) is 3.96. The third-order valence-corrected chi connectivity index (χ3v) is 6.47. The van der Waals surface area contributed by atoms with Crippen molar-refractivity contribution in [2.24, 2.45) is 0 Å². The van der Waals surface area contributed by atoms with E-state index in [0.717, 1.165) is 30.5 Å². The van der Waals surface area contributed by atoms with Gasteiger partial charge in [-0.3, -0.25) is 4.79 Å². The standard InChI is InChI=1S/C23H26FNO3S/c1-16-7-5-6-10-25(16)21(26)15-29-14-19-12-20(24)11-18-13-27-23(28-22(18)19)17-8-3-2-4-9-17/h2-4,8-9,11-12,16,23H,5-7,10,13-15H2,1H3/t16-,23-/m0/s1. The van der Waals surface area contributed by atoms with Gasteiger partial charge in [-0.05, 0) is 38.3 Å². The fourth-order valence-corrected chi connectivity index (χ4v) is 4.84. The van der Waals surface area contributed by atoms with E-state index in [0.29, 0.717) is 35.5 Å². The molecule has 0 saturated carbocycles. The molecule has 4 rings (SSSR count). The second-order valence-corrected chi connectivity index (χ2v) is 8.63. The Kier molecular flexibility index (Phi) is 6.40. The van der Waals surface area contributed by atoms with Gasteiger partial charge < -0.3 is 14.4 Å². The van der Waals surface area contributed by atoms with Gasteiger partial charge in [0.2, 0.25) is 12.2 Å². The summed E-state index contributed by atoms with van der Waals surface area (Å²) in [6.07, 6.45) is 2.83. The average Bonchev–Trinajstić information content (AvgIpc) is 2.74. The van der Waals surface area contributed by atoms with Crippen LogP contribution in [0.1, 0.15) is 49.2 Å². The van der Waals surface area contributed by atoms with Gasteiger partial charge in [0.05, 0.1) is 12.4 Å². The number of thioether (sulfide) groups is 1. The lowest BCUT2D eigenvalue weighted by Crippen LogP contribution is -2.42. The maximum Gasteiger partial charge on any atom is 0.232 e. The topological polar surface area (TPSA) is 38.8 Å². The lowest BCUT2D eigenvalue weighted by atomic mass is 10.0. The highest BCUT2D eigenvalue weighted by Gasteiger charge is 2.26. The molecular formula is C23H26FNO3S. The first-order valence-electron chi connectivity index (χ1n) is 10.1. The molecule has 2 heterocycles. The quantitative estimate of drug-likeness (QED) is 0.684. The summed E-state index contributed by atoms with van der Waals surface area (Å²) in [5.41, 5.74) is 2.41. The minimum atomic E-state index is -0.506. The van der Waals surface area contributed by atoms with Crippen LogP contribution in [-0.2, 0) is 21.9 Å². The Hall–Kier alpha value is -2.05. The largest absolute Gasteiger partial charge is 0.460 e. The molecule has 1 fully saturated rings. The Balaban J connectivity index is 1.43. The molecule has 2 aliphatic heterocycles. The molecule has 2 aromatic carbocycles. The predicted molar refractivity (Wildman–Crippen MR) is 112 cm³/mol. The van der Waals surface area contributed by atoms with Crippen molar-refractivity contribution in [1.29, 1.82) is 0 Å². The van der Waals surface area contributed by atoms with Crippen LogP contribution >= 0.6 is 11.8 Å². The van der Waals surface area contributed by atoms with Crippen LogP contribution in [0.3, 0.4) is 0 Å². The number of ether oxygens (including phenoxy) is 2. The number of nitrogens with zero attached hydrogens (tertiary/aromatic N) is 1. The van der Waals surface area contributed by atoms with Gasteiger partial charge in [-0.25, -0.2) is 4.39 Å². The Morgan fingerprint density at radius 3 is 2.86 bits per heavy atom. The molecule has 2 aliphatic rings. The van der Waals surface area contributed by atoms with Crippen molar-refractivity contribution in [3.63, 3.8) is 0 Å². The van der Waals surface area contributed by atoms with Gasteiger partial charge in [0.25, 0.3) is 0 Å². The lowest BCUT2D eigenvalue weighted by Gasteiger charge is -2.33. The van der Waals surface area contributed by atoms with Gasteiger partial charge in [-0.15, -0.1) is 11.8 Å². The van der Waals surface area contributed by atoms with Crippen LogP contribution in [0.4, 0.5) is 4.39 Å². The zero-order chi connectivity index (χ0) is 20.2. The van der Waals surface area contributed by atoms with Crippen molar-refractivity contribution in [2.45, 2.75) is 50.9 Å². The van der Waals surface area contributed by atoms with Crippen LogP contribution in [0, 0.1) is 5.82 Å². The summed E-state index contributed by atoms with van der Waals surface area (Å²) in [7, 11) is 0. The van der Waals surface area contributed by atoms with Crippen molar-refractivity contribution in [3.8, 4) is 5.75 Å². The maximum absolute atomic E-state index is 14.1. The van der Waals surface area contributed by atoms with Crippen molar-refractivity contribution in [1.82, 2.24) is 4.90 Å². The molecule has 0 unspecified atom stereocenters. The molecule has 1 saturated heterocycles. The summed E-state index contributed by atoms with van der Waals surface area (Å²) in [5.74, 6) is 1.46. The maximum atomic E-state index is 14.1. The Labute approximate surface area is 175 Å². The molecule has 2 atom stereocenters. The van der Waals surface area contributed by atoms with E-state index >= 15 is 0 Å². The van der Waals surface area contributed by atoms with E-state index < -0.39 is 6.29 Å². The molecule has 1 amide bonds. The monoisotopic (exact) mass is 415 g/mol. The van der Waals surface area contributed by atoms with E-state index in [1.165, 1.54) is 30.3 Å². The first-order valence-corrected chi connectivity index (χ1v) is 11.3. The van der Waals surface area contributed by atoms with Gasteiger partial charge >= 0.3 is 0 Å². The molecule has 154 valence electrons. The Morgan fingerprint density at radius 1 is 1.24 bits per heavy atom. The molecule has 29 heavy (non-hydrogen) atoms. The normalized spacial score (nSPS) is 21.4. The third kappa shape index (κ3) is 4.75. The Bertz CT molecular complexity index is 861. The first kappa shape index (κ1) is 20.2. The van der Waals surface area contributed by atoms with Gasteiger partial charge in [0, 0.05) is 35.0 Å². The van der Waals surface area contributed by atoms with Crippen LogP contribution < -0.4 is 4.74 Å². The number of carbonyl (C=O) groups is 1. The zero-order valence-electron chi connectivity index (χ0n) is 16.6. The second-order valence-electron chi connectivity index (χ2n) is 7.65. The highest BCUT2D eigenvalue weighted by atomic mass is 32.2. The van der Waals surface area contributed by atoms with Gasteiger partial charge in [-0.2, -0.15) is 0 Å². The smallest absolute Gasteiger partial charge is 0.232 e. The SMILES string of the molecule is C[C@H]1CCCCN1C(=O)CSCc1cc(F)cc2c1O[C@@H](c1ccccc1)OC2. The summed E-state index contributed by atoms with van der Waals surface area (Å²) in [5, 5.41) is 0. The number of fused-ring (bicyclic) bond motifs is 1. The summed E-state index contributed by atoms with van der Waals surface area (Å²) in [6.45, 7) is 3.26. The minimum absolute atomic E-state index is 0.166. The van der Waals surface area contributed by atoms with Crippen LogP contribution in [0.5, 0.6) is 5.75 Å². The Morgan fingerprint density at radius 2 is 2.07 bits per heavy atom. The molecule has 0 N–H and O–H groups in total. The number of hydrogen-bond acceptors (Lipinski definition) is 4. The fraction of sp³-hybridized carbons (Fsp3) is 0.435. The number of piperidine rings is 1. The average molecular weight is 416 g/mol. The van der Waals surface area contributed by atoms with E-state index in [1.54, 1.807) is 0 Å². The van der Waals surface area contributed by atoms with Crippen molar-refractivity contribution in [2.75, 3.05) is 12.3 Å². The number of amides is 1. The zero-order valence-corrected chi connectivity index (χ0v) is 17.4.